The van der Waals surface area contributed by atoms with Crippen molar-refractivity contribution in [3.8, 4) is 0 Å². The second-order valence-electron chi connectivity index (χ2n) is 5.42. The number of nitrogens with zero attached hydrogens (tertiary/aromatic N) is 3. The van der Waals surface area contributed by atoms with Crippen molar-refractivity contribution in [2.45, 2.75) is 43.3 Å². The van der Waals surface area contributed by atoms with Crippen LogP contribution in [0.3, 0.4) is 0 Å². The summed E-state index contributed by atoms with van der Waals surface area (Å²) >= 11 is 7.29. The predicted molar refractivity (Wildman–Crippen MR) is 87.1 cm³/mol. The molecular formula is C14H21ClN4OS. The van der Waals surface area contributed by atoms with E-state index >= 15 is 0 Å². The van der Waals surface area contributed by atoms with Crippen LogP contribution in [0.15, 0.2) is 11.2 Å². The molecule has 0 atom stereocenters. The van der Waals surface area contributed by atoms with Crippen LogP contribution in [-0.4, -0.2) is 41.8 Å². The van der Waals surface area contributed by atoms with E-state index in [2.05, 4.69) is 15.3 Å². The molecule has 0 aromatic carbocycles. The second kappa shape index (κ2) is 7.84. The van der Waals surface area contributed by atoms with Gasteiger partial charge in [0.15, 0.2) is 5.16 Å². The predicted octanol–water partition coefficient (Wildman–Crippen LogP) is 2.74. The topological polar surface area (TPSA) is 58.1 Å². The van der Waals surface area contributed by atoms with Gasteiger partial charge in [-0.15, -0.1) is 0 Å². The lowest BCUT2D eigenvalue weighted by Crippen LogP contribution is -2.37. The molecular weight excluding hydrogens is 308 g/mol. The zero-order valence-corrected chi connectivity index (χ0v) is 14.0. The Morgan fingerprint density at radius 2 is 2.10 bits per heavy atom. The van der Waals surface area contributed by atoms with Gasteiger partial charge in [-0.3, -0.25) is 4.79 Å². The molecule has 7 heteroatoms. The van der Waals surface area contributed by atoms with Crippen molar-refractivity contribution in [1.29, 1.82) is 0 Å². The summed E-state index contributed by atoms with van der Waals surface area (Å²) in [7, 11) is 3.78. The van der Waals surface area contributed by atoms with Crippen molar-refractivity contribution in [3.05, 3.63) is 11.2 Å². The summed E-state index contributed by atoms with van der Waals surface area (Å²) in [5.41, 5.74) is 0. The average Bonchev–Trinajstić information content (AvgIpc) is 2.45. The third-order valence-electron chi connectivity index (χ3n) is 3.42. The Hall–Kier alpha value is -1.01. The Balaban J connectivity index is 1.85. The monoisotopic (exact) mass is 328 g/mol. The minimum absolute atomic E-state index is 0.0434. The van der Waals surface area contributed by atoms with Crippen molar-refractivity contribution >= 4 is 35.1 Å². The van der Waals surface area contributed by atoms with Gasteiger partial charge in [0.25, 0.3) is 0 Å². The quantitative estimate of drug-likeness (QED) is 0.511. The van der Waals surface area contributed by atoms with Crippen LogP contribution in [0.1, 0.15) is 32.1 Å². The molecule has 0 saturated heterocycles. The van der Waals surface area contributed by atoms with E-state index in [-0.39, 0.29) is 5.91 Å². The number of hydrogen-bond donors (Lipinski definition) is 1. The van der Waals surface area contributed by atoms with Gasteiger partial charge in [0.1, 0.15) is 11.0 Å². The molecule has 0 aliphatic heterocycles. The van der Waals surface area contributed by atoms with Crippen LogP contribution in [0.25, 0.3) is 0 Å². The molecule has 0 unspecified atom stereocenters. The first-order valence-electron chi connectivity index (χ1n) is 7.18. The molecule has 0 bridgehead atoms. The van der Waals surface area contributed by atoms with E-state index < -0.39 is 0 Å². The third-order valence-corrected chi connectivity index (χ3v) is 4.46. The fourth-order valence-electron chi connectivity index (χ4n) is 2.33. The minimum Gasteiger partial charge on any atom is -0.363 e. The standard InChI is InChI=1S/C14H21ClN4OS/c1-19(2)12-8-11(15)17-14(18-12)21-9-13(20)16-10-6-4-3-5-7-10/h8,10H,3-7,9H2,1-2H3,(H,16,20). The summed E-state index contributed by atoms with van der Waals surface area (Å²) < 4.78 is 0. The van der Waals surface area contributed by atoms with Gasteiger partial charge in [-0.1, -0.05) is 42.6 Å². The zero-order valence-electron chi connectivity index (χ0n) is 12.4. The number of carbonyl (C=O) groups is 1. The normalized spacial score (nSPS) is 15.8. The van der Waals surface area contributed by atoms with Crippen molar-refractivity contribution in [1.82, 2.24) is 15.3 Å². The van der Waals surface area contributed by atoms with Gasteiger partial charge in [0, 0.05) is 26.2 Å². The zero-order chi connectivity index (χ0) is 15.2. The van der Waals surface area contributed by atoms with Crippen molar-refractivity contribution in [3.63, 3.8) is 0 Å². The highest BCUT2D eigenvalue weighted by Crippen LogP contribution is 2.21. The fraction of sp³-hybridized carbons (Fsp3) is 0.643. The number of halogens is 1. The maximum absolute atomic E-state index is 12.0. The number of carbonyl (C=O) groups excluding carboxylic acids is 1. The highest BCUT2D eigenvalue weighted by molar-refractivity contribution is 7.99. The highest BCUT2D eigenvalue weighted by Gasteiger charge is 2.16. The van der Waals surface area contributed by atoms with E-state index in [4.69, 9.17) is 11.6 Å². The molecule has 0 radical (unpaired) electrons. The average molecular weight is 329 g/mol. The number of anilines is 1. The highest BCUT2D eigenvalue weighted by atomic mass is 35.5. The lowest BCUT2D eigenvalue weighted by Gasteiger charge is -2.22. The van der Waals surface area contributed by atoms with Gasteiger partial charge < -0.3 is 10.2 Å². The first kappa shape index (κ1) is 16.4. The third kappa shape index (κ3) is 5.36. The second-order valence-corrected chi connectivity index (χ2v) is 6.75. The molecule has 21 heavy (non-hydrogen) atoms. The molecule has 1 heterocycles. The molecule has 5 nitrogen and oxygen atoms in total. The van der Waals surface area contributed by atoms with Crippen LogP contribution >= 0.6 is 23.4 Å². The van der Waals surface area contributed by atoms with E-state index in [0.29, 0.717) is 22.1 Å². The summed E-state index contributed by atoms with van der Waals surface area (Å²) in [6, 6.07) is 2.04. The van der Waals surface area contributed by atoms with Crippen molar-refractivity contribution in [2.75, 3.05) is 24.7 Å². The molecule has 1 saturated carbocycles. The summed E-state index contributed by atoms with van der Waals surface area (Å²) in [5, 5.41) is 4.01. The van der Waals surface area contributed by atoms with Gasteiger partial charge in [-0.2, -0.15) is 0 Å². The van der Waals surface area contributed by atoms with Crippen molar-refractivity contribution < 1.29 is 4.79 Å². The Kier molecular flexibility index (Phi) is 6.11. The smallest absolute Gasteiger partial charge is 0.230 e. The van der Waals surface area contributed by atoms with E-state index in [1.165, 1.54) is 31.0 Å². The van der Waals surface area contributed by atoms with Gasteiger partial charge in [-0.05, 0) is 12.8 Å². The maximum atomic E-state index is 12.0. The molecule has 1 aromatic rings. The first-order chi connectivity index (χ1) is 10.0. The lowest BCUT2D eigenvalue weighted by molar-refractivity contribution is -0.119. The molecule has 2 rings (SSSR count). The Morgan fingerprint density at radius 1 is 1.38 bits per heavy atom. The minimum atomic E-state index is 0.0434. The van der Waals surface area contributed by atoms with Crippen LogP contribution in [0.5, 0.6) is 0 Å². The lowest BCUT2D eigenvalue weighted by atomic mass is 9.95. The van der Waals surface area contributed by atoms with E-state index in [1.54, 1.807) is 6.07 Å². The molecule has 1 aliphatic carbocycles. The van der Waals surface area contributed by atoms with Crippen molar-refractivity contribution in [2.24, 2.45) is 0 Å². The van der Waals surface area contributed by atoms with Gasteiger partial charge >= 0.3 is 0 Å². The fourth-order valence-corrected chi connectivity index (χ4v) is 3.22. The largest absolute Gasteiger partial charge is 0.363 e. The molecule has 116 valence electrons. The van der Waals surface area contributed by atoms with E-state index in [0.717, 1.165) is 18.7 Å². The summed E-state index contributed by atoms with van der Waals surface area (Å²) in [6.45, 7) is 0. The molecule has 1 aromatic heterocycles. The molecule has 0 spiro atoms. The van der Waals surface area contributed by atoms with Gasteiger partial charge in [-0.25, -0.2) is 9.97 Å². The number of nitrogens with one attached hydrogen (secondary N) is 1. The Morgan fingerprint density at radius 3 is 2.76 bits per heavy atom. The maximum Gasteiger partial charge on any atom is 0.230 e. The molecule has 1 amide bonds. The summed E-state index contributed by atoms with van der Waals surface area (Å²) in [5.74, 6) is 1.11. The van der Waals surface area contributed by atoms with E-state index in [9.17, 15) is 4.79 Å². The summed E-state index contributed by atoms with van der Waals surface area (Å²) in [6.07, 6.45) is 5.89. The van der Waals surface area contributed by atoms with Crippen LogP contribution in [0.4, 0.5) is 5.82 Å². The Labute approximate surface area is 134 Å². The number of thioether (sulfide) groups is 1. The SMILES string of the molecule is CN(C)c1cc(Cl)nc(SCC(=O)NC2CCCCC2)n1. The van der Waals surface area contributed by atoms with Crippen LogP contribution in [0.2, 0.25) is 5.15 Å². The first-order valence-corrected chi connectivity index (χ1v) is 8.55. The Bertz CT molecular complexity index is 492. The van der Waals surface area contributed by atoms with Crippen LogP contribution < -0.4 is 10.2 Å². The van der Waals surface area contributed by atoms with Crippen LogP contribution in [0, 0.1) is 0 Å². The molecule has 1 aliphatic rings. The van der Waals surface area contributed by atoms with Gasteiger partial charge in [0.2, 0.25) is 5.91 Å². The molecule has 1 fully saturated rings. The molecule has 1 N–H and O–H groups in total. The van der Waals surface area contributed by atoms with Crippen LogP contribution in [-0.2, 0) is 4.79 Å². The van der Waals surface area contributed by atoms with E-state index in [1.807, 2.05) is 19.0 Å². The van der Waals surface area contributed by atoms with Gasteiger partial charge in [0.05, 0.1) is 5.75 Å². The number of aromatic nitrogens is 2. The summed E-state index contributed by atoms with van der Waals surface area (Å²) in [4.78, 5) is 22.3. The number of hydrogen-bond acceptors (Lipinski definition) is 5. The number of rotatable bonds is 5. The number of amides is 1.